The number of aliphatic carboxylic acids is 1. The number of carbonyl (C=O) groups is 2. The Bertz CT molecular complexity index is 563. The Hall–Kier alpha value is -1.80. The third-order valence-electron chi connectivity index (χ3n) is 2.40. The largest absolute Gasteiger partial charge is 0.480 e. The molecule has 0 atom stereocenters. The molecule has 5 N–H and O–H groups in total. The van der Waals surface area contributed by atoms with Gasteiger partial charge in [-0.3, -0.25) is 19.4 Å². The van der Waals surface area contributed by atoms with Gasteiger partial charge in [-0.1, -0.05) is 0 Å². The third-order valence-corrected chi connectivity index (χ3v) is 2.87. The highest BCUT2D eigenvalue weighted by molar-refractivity contribution is 6.27. The summed E-state index contributed by atoms with van der Waals surface area (Å²) in [6.45, 7) is 2.22. The fourth-order valence-electron chi connectivity index (χ4n) is 1.47. The summed E-state index contributed by atoms with van der Waals surface area (Å²) in [6.07, 6.45) is 1.19. The standard InChI is InChI=1S/C10H15ClN4O2.C2H3ClO2/c1-6-7(9(17)15-10(12)14-6)3-2-4-13-8(16)5-11;3-1-2(4)5/h2-5H2,1H3,(H,13,16)(H3,12,14,15,17);1H2,(H,4,5). The number of hydrogen-bond donors (Lipinski definition) is 4. The molecule has 0 aliphatic rings. The van der Waals surface area contributed by atoms with Crippen molar-refractivity contribution in [2.75, 3.05) is 24.0 Å². The van der Waals surface area contributed by atoms with E-state index in [0.29, 0.717) is 30.6 Å². The topological polar surface area (TPSA) is 138 Å². The molecule has 0 spiro atoms. The van der Waals surface area contributed by atoms with Crippen LogP contribution in [-0.2, 0) is 16.0 Å². The van der Waals surface area contributed by atoms with Crippen molar-refractivity contribution in [3.05, 3.63) is 21.6 Å². The molecule has 1 rings (SSSR count). The van der Waals surface area contributed by atoms with Crippen molar-refractivity contribution in [3.63, 3.8) is 0 Å². The molecule has 0 radical (unpaired) electrons. The van der Waals surface area contributed by atoms with Gasteiger partial charge in [0.05, 0.1) is 0 Å². The van der Waals surface area contributed by atoms with Crippen molar-refractivity contribution in [1.29, 1.82) is 0 Å². The van der Waals surface area contributed by atoms with Gasteiger partial charge in [0, 0.05) is 17.8 Å². The Labute approximate surface area is 137 Å². The van der Waals surface area contributed by atoms with E-state index in [9.17, 15) is 14.4 Å². The maximum Gasteiger partial charge on any atom is 0.318 e. The van der Waals surface area contributed by atoms with Crippen LogP contribution in [0.1, 0.15) is 17.7 Å². The molecule has 1 aromatic rings. The number of alkyl halides is 2. The lowest BCUT2D eigenvalue weighted by Crippen LogP contribution is -2.26. The number of H-pyrrole nitrogens is 1. The number of aromatic amines is 1. The van der Waals surface area contributed by atoms with Crippen LogP contribution in [0.3, 0.4) is 0 Å². The number of amides is 1. The molecule has 10 heteroatoms. The minimum absolute atomic E-state index is 0.0525. The summed E-state index contributed by atoms with van der Waals surface area (Å²) in [5, 5.41) is 10.2. The minimum atomic E-state index is -0.980. The first-order valence-corrected chi connectivity index (χ1v) is 7.34. The predicted molar refractivity (Wildman–Crippen MR) is 84.4 cm³/mol. The van der Waals surface area contributed by atoms with E-state index in [1.165, 1.54) is 0 Å². The lowest BCUT2D eigenvalue weighted by atomic mass is 10.1. The molecule has 0 fully saturated rings. The van der Waals surface area contributed by atoms with Gasteiger partial charge in [-0.25, -0.2) is 4.98 Å². The zero-order valence-electron chi connectivity index (χ0n) is 12.0. The Morgan fingerprint density at radius 2 is 1.95 bits per heavy atom. The van der Waals surface area contributed by atoms with Gasteiger partial charge in [0.2, 0.25) is 11.9 Å². The molecule has 0 saturated heterocycles. The maximum absolute atomic E-state index is 11.6. The van der Waals surface area contributed by atoms with E-state index in [-0.39, 0.29) is 29.2 Å². The van der Waals surface area contributed by atoms with Gasteiger partial charge in [-0.05, 0) is 19.8 Å². The number of rotatable bonds is 6. The Morgan fingerprint density at radius 3 is 2.41 bits per heavy atom. The molecule has 0 aromatic carbocycles. The SMILES string of the molecule is Cc1nc(N)[nH]c(=O)c1CCCNC(=O)CCl.O=C(O)CCl. The highest BCUT2D eigenvalue weighted by Crippen LogP contribution is 2.02. The van der Waals surface area contributed by atoms with E-state index >= 15 is 0 Å². The number of carbonyl (C=O) groups excluding carboxylic acids is 1. The van der Waals surface area contributed by atoms with E-state index in [2.05, 4.69) is 15.3 Å². The number of nitrogens with zero attached hydrogens (tertiary/aromatic N) is 1. The summed E-state index contributed by atoms with van der Waals surface area (Å²) in [6, 6.07) is 0. The van der Waals surface area contributed by atoms with Gasteiger partial charge < -0.3 is 16.2 Å². The average Bonchev–Trinajstić information content (AvgIpc) is 2.45. The fraction of sp³-hybridized carbons (Fsp3) is 0.500. The number of anilines is 1. The number of nitrogens with two attached hydrogens (primary N) is 1. The summed E-state index contributed by atoms with van der Waals surface area (Å²) in [5.74, 6) is -1.44. The van der Waals surface area contributed by atoms with Crippen molar-refractivity contribution in [3.8, 4) is 0 Å². The molecule has 22 heavy (non-hydrogen) atoms. The van der Waals surface area contributed by atoms with Crippen LogP contribution in [0.15, 0.2) is 4.79 Å². The minimum Gasteiger partial charge on any atom is -0.480 e. The van der Waals surface area contributed by atoms with Crippen molar-refractivity contribution in [1.82, 2.24) is 15.3 Å². The van der Waals surface area contributed by atoms with E-state index in [1.54, 1.807) is 6.92 Å². The molecule has 0 aliphatic heterocycles. The van der Waals surface area contributed by atoms with Gasteiger partial charge in [0.15, 0.2) is 0 Å². The van der Waals surface area contributed by atoms with E-state index in [0.717, 1.165) is 0 Å². The number of hydrogen-bond acceptors (Lipinski definition) is 5. The lowest BCUT2D eigenvalue weighted by molar-refractivity contribution is -0.134. The number of halogens is 2. The van der Waals surface area contributed by atoms with Crippen LogP contribution in [0.25, 0.3) is 0 Å². The Kier molecular flexibility index (Phi) is 9.97. The molecule has 124 valence electrons. The molecule has 0 saturated carbocycles. The first kappa shape index (κ1) is 20.2. The van der Waals surface area contributed by atoms with Gasteiger partial charge >= 0.3 is 5.97 Å². The average molecular weight is 353 g/mol. The fourth-order valence-corrected chi connectivity index (χ4v) is 1.56. The molecular weight excluding hydrogens is 335 g/mol. The number of nitrogens with one attached hydrogen (secondary N) is 2. The van der Waals surface area contributed by atoms with E-state index in [4.69, 9.17) is 34.0 Å². The highest BCUT2D eigenvalue weighted by Gasteiger charge is 2.06. The number of aromatic nitrogens is 2. The second-order valence-corrected chi connectivity index (χ2v) is 4.66. The third kappa shape index (κ3) is 8.48. The lowest BCUT2D eigenvalue weighted by Gasteiger charge is -2.05. The molecule has 1 amide bonds. The number of carboxylic acid groups (broad SMARTS) is 1. The molecule has 8 nitrogen and oxygen atoms in total. The Balaban J connectivity index is 0.000000763. The quantitative estimate of drug-likeness (QED) is 0.427. The monoisotopic (exact) mass is 352 g/mol. The smallest absolute Gasteiger partial charge is 0.318 e. The van der Waals surface area contributed by atoms with Crippen molar-refractivity contribution in [2.24, 2.45) is 0 Å². The zero-order chi connectivity index (χ0) is 17.1. The van der Waals surface area contributed by atoms with Crippen LogP contribution in [0, 0.1) is 6.92 Å². The van der Waals surface area contributed by atoms with Crippen LogP contribution >= 0.6 is 23.2 Å². The van der Waals surface area contributed by atoms with Gasteiger partial charge in [-0.2, -0.15) is 0 Å². The summed E-state index contributed by atoms with van der Waals surface area (Å²) in [7, 11) is 0. The van der Waals surface area contributed by atoms with Crippen molar-refractivity contribution >= 4 is 41.0 Å². The second-order valence-electron chi connectivity index (χ2n) is 4.13. The number of aryl methyl sites for hydroxylation is 1. The highest BCUT2D eigenvalue weighted by atomic mass is 35.5. The van der Waals surface area contributed by atoms with Gasteiger partial charge in [-0.15, -0.1) is 23.2 Å². The van der Waals surface area contributed by atoms with Crippen molar-refractivity contribution in [2.45, 2.75) is 19.8 Å². The molecule has 1 aromatic heterocycles. The Morgan fingerprint density at radius 1 is 1.36 bits per heavy atom. The first-order chi connectivity index (χ1) is 10.3. The molecule has 0 aliphatic carbocycles. The van der Waals surface area contributed by atoms with Crippen LogP contribution in [-0.4, -0.2) is 45.3 Å². The maximum atomic E-state index is 11.6. The summed E-state index contributed by atoms with van der Waals surface area (Å²) in [5.41, 5.74) is 6.40. The van der Waals surface area contributed by atoms with Gasteiger partial charge in [0.25, 0.3) is 5.56 Å². The molecule has 1 heterocycles. The van der Waals surface area contributed by atoms with Crippen LogP contribution in [0.5, 0.6) is 0 Å². The zero-order valence-corrected chi connectivity index (χ0v) is 13.5. The molecule has 0 unspecified atom stereocenters. The summed E-state index contributed by atoms with van der Waals surface area (Å²) >= 11 is 10.1. The van der Waals surface area contributed by atoms with Crippen molar-refractivity contribution < 1.29 is 14.7 Å². The number of nitrogen functional groups attached to an aromatic ring is 1. The van der Waals surface area contributed by atoms with E-state index in [1.807, 2.05) is 0 Å². The first-order valence-electron chi connectivity index (χ1n) is 6.27. The molecule has 0 bridgehead atoms. The van der Waals surface area contributed by atoms with E-state index < -0.39 is 5.97 Å². The predicted octanol–water partition coefficient (Wildman–Crippen LogP) is 0.258. The number of carboxylic acids is 1. The summed E-state index contributed by atoms with van der Waals surface area (Å²) in [4.78, 5) is 38.1. The van der Waals surface area contributed by atoms with Gasteiger partial charge in [0.1, 0.15) is 11.8 Å². The van der Waals surface area contributed by atoms with Crippen LogP contribution < -0.4 is 16.6 Å². The second kappa shape index (κ2) is 10.9. The normalized spacial score (nSPS) is 9.59. The summed E-state index contributed by atoms with van der Waals surface area (Å²) < 4.78 is 0. The van der Waals surface area contributed by atoms with Crippen LogP contribution in [0.2, 0.25) is 0 Å². The molecular formula is C12H18Cl2N4O4. The van der Waals surface area contributed by atoms with Crippen LogP contribution in [0.4, 0.5) is 5.95 Å².